The van der Waals surface area contributed by atoms with Crippen molar-refractivity contribution in [3.63, 3.8) is 0 Å². The summed E-state index contributed by atoms with van der Waals surface area (Å²) in [6.07, 6.45) is -3.46. The van der Waals surface area contributed by atoms with Gasteiger partial charge in [0, 0.05) is 25.4 Å². The van der Waals surface area contributed by atoms with Crippen LogP contribution in [0.2, 0.25) is 0 Å². The van der Waals surface area contributed by atoms with Gasteiger partial charge in [-0.05, 0) is 12.5 Å². The van der Waals surface area contributed by atoms with E-state index in [0.717, 1.165) is 5.56 Å². The van der Waals surface area contributed by atoms with Gasteiger partial charge in [-0.1, -0.05) is 6.07 Å². The summed E-state index contributed by atoms with van der Waals surface area (Å²) >= 11 is 0. The second-order valence-corrected chi connectivity index (χ2v) is 4.20. The minimum atomic E-state index is -4.18. The molecule has 0 aliphatic heterocycles. The number of ether oxygens (including phenoxy) is 1. The average molecular weight is 304 g/mol. The molecule has 0 amide bonds. The van der Waals surface area contributed by atoms with Crippen molar-refractivity contribution >= 4 is 5.96 Å². The normalized spacial score (nSPS) is 12.1. The van der Waals surface area contributed by atoms with Crippen molar-refractivity contribution in [3.05, 3.63) is 23.9 Å². The van der Waals surface area contributed by atoms with Crippen LogP contribution >= 0.6 is 0 Å². The topological polar surface area (TPSA) is 58.5 Å². The Morgan fingerprint density at radius 1 is 1.33 bits per heavy atom. The number of pyridine rings is 1. The number of nitrogens with one attached hydrogen (secondary N) is 2. The Hall–Kier alpha value is -1.99. The highest BCUT2D eigenvalue weighted by molar-refractivity contribution is 5.79. The molecular weight excluding hydrogens is 285 g/mol. The van der Waals surface area contributed by atoms with Gasteiger partial charge in [0.1, 0.15) is 0 Å². The Bertz CT molecular complexity index is 446. The molecule has 0 saturated heterocycles. The summed E-state index contributed by atoms with van der Waals surface area (Å²) < 4.78 is 41.2. The molecule has 0 spiro atoms. The van der Waals surface area contributed by atoms with Gasteiger partial charge in [0.15, 0.2) is 5.96 Å². The summed E-state index contributed by atoms with van der Waals surface area (Å²) in [5, 5.41) is 5.53. The number of methoxy groups -OCH3 is 1. The molecular formula is C13H19F3N4O. The van der Waals surface area contributed by atoms with Crippen LogP contribution in [0, 0.1) is 0 Å². The van der Waals surface area contributed by atoms with Crippen LogP contribution in [0.25, 0.3) is 0 Å². The lowest BCUT2D eigenvalue weighted by Gasteiger charge is -2.12. The SMILES string of the molecule is CCNC(=NCc1ccc(OC)nc1)NCCC(F)(F)F. The molecule has 0 unspecified atom stereocenters. The molecule has 21 heavy (non-hydrogen) atoms. The number of hydrogen-bond acceptors (Lipinski definition) is 3. The molecule has 0 radical (unpaired) electrons. The van der Waals surface area contributed by atoms with Crippen LogP contribution in [0.3, 0.4) is 0 Å². The number of nitrogens with zero attached hydrogens (tertiary/aromatic N) is 2. The number of guanidine groups is 1. The van der Waals surface area contributed by atoms with Crippen LogP contribution in [-0.4, -0.2) is 37.3 Å². The highest BCUT2D eigenvalue weighted by Crippen LogP contribution is 2.18. The second-order valence-electron chi connectivity index (χ2n) is 4.20. The number of aliphatic imine (C=N–C) groups is 1. The first-order chi connectivity index (χ1) is 9.94. The molecule has 0 fully saturated rings. The maximum Gasteiger partial charge on any atom is 0.390 e. The second kappa shape index (κ2) is 8.33. The van der Waals surface area contributed by atoms with Crippen molar-refractivity contribution in [3.8, 4) is 5.88 Å². The summed E-state index contributed by atoms with van der Waals surface area (Å²) in [6.45, 7) is 2.52. The molecule has 1 rings (SSSR count). The predicted molar refractivity (Wildman–Crippen MR) is 74.3 cm³/mol. The smallest absolute Gasteiger partial charge is 0.390 e. The lowest BCUT2D eigenvalue weighted by atomic mass is 10.3. The summed E-state index contributed by atoms with van der Waals surface area (Å²) in [6, 6.07) is 3.50. The maximum absolute atomic E-state index is 12.1. The van der Waals surface area contributed by atoms with Gasteiger partial charge >= 0.3 is 6.18 Å². The van der Waals surface area contributed by atoms with Crippen LogP contribution in [0.15, 0.2) is 23.3 Å². The van der Waals surface area contributed by atoms with E-state index >= 15 is 0 Å². The van der Waals surface area contributed by atoms with Crippen molar-refractivity contribution in [2.45, 2.75) is 26.1 Å². The Kier molecular flexibility index (Phi) is 6.77. The third kappa shape index (κ3) is 7.38. The fraction of sp³-hybridized carbons (Fsp3) is 0.538. The fourth-order valence-corrected chi connectivity index (χ4v) is 1.46. The lowest BCUT2D eigenvalue weighted by molar-refractivity contribution is -0.132. The van der Waals surface area contributed by atoms with E-state index in [9.17, 15) is 13.2 Å². The zero-order valence-electron chi connectivity index (χ0n) is 12.0. The molecule has 1 aromatic rings. The number of aromatic nitrogens is 1. The van der Waals surface area contributed by atoms with Crippen molar-refractivity contribution in [1.29, 1.82) is 0 Å². The lowest BCUT2D eigenvalue weighted by Crippen LogP contribution is -2.38. The predicted octanol–water partition coefficient (Wildman–Crippen LogP) is 2.10. The molecule has 0 aliphatic carbocycles. The molecule has 2 N–H and O–H groups in total. The van der Waals surface area contributed by atoms with Gasteiger partial charge in [-0.25, -0.2) is 9.98 Å². The zero-order valence-corrected chi connectivity index (χ0v) is 12.0. The summed E-state index contributed by atoms with van der Waals surface area (Å²) in [5.74, 6) is 0.843. The third-order valence-electron chi connectivity index (χ3n) is 2.47. The summed E-state index contributed by atoms with van der Waals surface area (Å²) in [7, 11) is 1.52. The Labute approximate surface area is 121 Å². The monoisotopic (exact) mass is 304 g/mol. The Morgan fingerprint density at radius 2 is 2.10 bits per heavy atom. The van der Waals surface area contributed by atoms with E-state index in [4.69, 9.17) is 4.74 Å². The van der Waals surface area contributed by atoms with E-state index in [1.165, 1.54) is 7.11 Å². The number of hydrogen-bond donors (Lipinski definition) is 2. The van der Waals surface area contributed by atoms with Crippen LogP contribution in [0.5, 0.6) is 5.88 Å². The third-order valence-corrected chi connectivity index (χ3v) is 2.47. The van der Waals surface area contributed by atoms with Gasteiger partial charge in [-0.15, -0.1) is 0 Å². The van der Waals surface area contributed by atoms with Gasteiger partial charge in [0.25, 0.3) is 0 Å². The maximum atomic E-state index is 12.1. The zero-order chi connectivity index (χ0) is 15.7. The molecule has 0 saturated carbocycles. The van der Waals surface area contributed by atoms with Crippen molar-refractivity contribution in [2.75, 3.05) is 20.2 Å². The first kappa shape index (κ1) is 17.1. The van der Waals surface area contributed by atoms with Gasteiger partial charge in [-0.2, -0.15) is 13.2 Å². The Balaban J connectivity index is 2.53. The molecule has 0 bridgehead atoms. The van der Waals surface area contributed by atoms with Gasteiger partial charge in [0.05, 0.1) is 20.1 Å². The molecule has 1 heterocycles. The van der Waals surface area contributed by atoms with E-state index in [1.54, 1.807) is 18.3 Å². The van der Waals surface area contributed by atoms with Gasteiger partial charge in [-0.3, -0.25) is 0 Å². The quantitative estimate of drug-likeness (QED) is 0.624. The van der Waals surface area contributed by atoms with E-state index < -0.39 is 12.6 Å². The first-order valence-electron chi connectivity index (χ1n) is 6.52. The van der Waals surface area contributed by atoms with Crippen LogP contribution in [0.4, 0.5) is 13.2 Å². The summed E-state index contributed by atoms with van der Waals surface area (Å²) in [4.78, 5) is 8.24. The number of halogens is 3. The van der Waals surface area contributed by atoms with Crippen molar-refractivity contribution in [1.82, 2.24) is 15.6 Å². The van der Waals surface area contributed by atoms with E-state index in [0.29, 0.717) is 24.9 Å². The molecule has 5 nitrogen and oxygen atoms in total. The highest BCUT2D eigenvalue weighted by Gasteiger charge is 2.26. The fourth-order valence-electron chi connectivity index (χ4n) is 1.46. The van der Waals surface area contributed by atoms with Crippen LogP contribution in [-0.2, 0) is 6.54 Å². The van der Waals surface area contributed by atoms with E-state index in [1.807, 2.05) is 6.92 Å². The molecule has 0 aromatic carbocycles. The number of alkyl halides is 3. The Morgan fingerprint density at radius 3 is 2.62 bits per heavy atom. The van der Waals surface area contributed by atoms with Crippen LogP contribution < -0.4 is 15.4 Å². The molecule has 1 aromatic heterocycles. The van der Waals surface area contributed by atoms with E-state index in [-0.39, 0.29) is 6.54 Å². The van der Waals surface area contributed by atoms with Gasteiger partial charge in [0.2, 0.25) is 5.88 Å². The molecule has 8 heteroatoms. The van der Waals surface area contributed by atoms with Crippen molar-refractivity contribution < 1.29 is 17.9 Å². The average Bonchev–Trinajstić information content (AvgIpc) is 2.44. The van der Waals surface area contributed by atoms with Crippen molar-refractivity contribution in [2.24, 2.45) is 4.99 Å². The minimum absolute atomic E-state index is 0.212. The first-order valence-corrected chi connectivity index (χ1v) is 6.52. The van der Waals surface area contributed by atoms with E-state index in [2.05, 4.69) is 20.6 Å². The van der Waals surface area contributed by atoms with Crippen LogP contribution in [0.1, 0.15) is 18.9 Å². The number of rotatable bonds is 6. The molecule has 0 atom stereocenters. The summed E-state index contributed by atoms with van der Waals surface area (Å²) in [5.41, 5.74) is 0.837. The standard InChI is InChI=1S/C13H19F3N4O/c1-3-17-12(18-7-6-13(14,15)16)20-9-10-4-5-11(21-2)19-8-10/h4-5,8H,3,6-7,9H2,1-2H3,(H2,17,18,20). The molecule has 118 valence electrons. The highest BCUT2D eigenvalue weighted by atomic mass is 19.4. The van der Waals surface area contributed by atoms with Gasteiger partial charge < -0.3 is 15.4 Å². The minimum Gasteiger partial charge on any atom is -0.481 e. The molecule has 0 aliphatic rings. The largest absolute Gasteiger partial charge is 0.481 e.